The molecule has 0 unspecified atom stereocenters. The summed E-state index contributed by atoms with van der Waals surface area (Å²) in [6.45, 7) is 5.46. The smallest absolute Gasteiger partial charge is 0.326 e. The van der Waals surface area contributed by atoms with Crippen LogP contribution in [0, 0.1) is 12.8 Å². The van der Waals surface area contributed by atoms with Crippen molar-refractivity contribution in [2.45, 2.75) is 33.2 Å². The maximum atomic E-state index is 12.2. The Morgan fingerprint density at radius 3 is 2.71 bits per heavy atom. The average molecular weight is 290 g/mol. The first-order chi connectivity index (χ1) is 9.93. The molecule has 2 aromatic rings. The van der Waals surface area contributed by atoms with Crippen LogP contribution in [0.4, 0.5) is 0 Å². The first kappa shape index (κ1) is 15.0. The lowest BCUT2D eigenvalue weighted by molar-refractivity contribution is -0.140. The van der Waals surface area contributed by atoms with Crippen LogP contribution in [0.2, 0.25) is 0 Å². The minimum absolute atomic E-state index is 0.146. The lowest BCUT2D eigenvalue weighted by atomic mass is 9.99. The van der Waals surface area contributed by atoms with Crippen LogP contribution in [0.25, 0.3) is 5.65 Å². The molecule has 112 valence electrons. The Morgan fingerprint density at radius 1 is 1.38 bits per heavy atom. The molecular weight excluding hydrogens is 272 g/mol. The Labute approximate surface area is 122 Å². The van der Waals surface area contributed by atoms with Gasteiger partial charge in [0.2, 0.25) is 0 Å². The molecule has 0 saturated heterocycles. The highest BCUT2D eigenvalue weighted by Gasteiger charge is 2.25. The molecule has 0 aliphatic rings. The van der Waals surface area contributed by atoms with Crippen molar-refractivity contribution in [3.8, 4) is 0 Å². The van der Waals surface area contributed by atoms with E-state index in [0.717, 1.165) is 0 Å². The van der Waals surface area contributed by atoms with Crippen LogP contribution in [-0.2, 0) is 4.79 Å². The molecule has 2 atom stereocenters. The van der Waals surface area contributed by atoms with Crippen molar-refractivity contribution in [2.24, 2.45) is 5.92 Å². The third-order valence-corrected chi connectivity index (χ3v) is 3.60. The molecule has 0 fully saturated rings. The van der Waals surface area contributed by atoms with E-state index >= 15 is 0 Å². The molecule has 21 heavy (non-hydrogen) atoms. The fraction of sp³-hybridized carbons (Fsp3) is 0.429. The van der Waals surface area contributed by atoms with Gasteiger partial charge >= 0.3 is 5.97 Å². The molecule has 0 aliphatic heterocycles. The fourth-order valence-corrected chi connectivity index (χ4v) is 2.05. The first-order valence-electron chi connectivity index (χ1n) is 6.79. The summed E-state index contributed by atoms with van der Waals surface area (Å²) in [7, 11) is 0. The molecule has 2 rings (SSSR count). The second-order valence-electron chi connectivity index (χ2n) is 5.07. The van der Waals surface area contributed by atoms with Crippen molar-refractivity contribution >= 4 is 17.5 Å². The molecule has 0 radical (unpaired) electrons. The number of carboxylic acids is 1. The summed E-state index contributed by atoms with van der Waals surface area (Å²) in [6, 6.07) is 2.38. The Balaban J connectivity index is 2.24. The Morgan fingerprint density at radius 2 is 2.10 bits per heavy atom. The highest BCUT2D eigenvalue weighted by Crippen LogP contribution is 2.11. The number of aryl methyl sites for hydroxylation is 1. The first-order valence-corrected chi connectivity index (χ1v) is 6.79. The number of pyridine rings is 1. The van der Waals surface area contributed by atoms with E-state index in [-0.39, 0.29) is 5.92 Å². The number of rotatable bonds is 5. The van der Waals surface area contributed by atoms with Gasteiger partial charge in [-0.1, -0.05) is 20.3 Å². The van der Waals surface area contributed by atoms with Crippen molar-refractivity contribution in [3.63, 3.8) is 0 Å². The number of aliphatic carboxylic acids is 1. The normalized spacial score (nSPS) is 13.9. The molecule has 7 nitrogen and oxygen atoms in total. The lowest BCUT2D eigenvalue weighted by Gasteiger charge is -2.20. The van der Waals surface area contributed by atoms with Gasteiger partial charge in [0.15, 0.2) is 5.65 Å². The van der Waals surface area contributed by atoms with Crippen LogP contribution >= 0.6 is 0 Å². The van der Waals surface area contributed by atoms with E-state index in [1.807, 2.05) is 6.92 Å². The van der Waals surface area contributed by atoms with Gasteiger partial charge in [0, 0.05) is 6.20 Å². The van der Waals surface area contributed by atoms with Crippen LogP contribution in [0.5, 0.6) is 0 Å². The van der Waals surface area contributed by atoms with Gasteiger partial charge in [-0.05, 0) is 25.0 Å². The van der Waals surface area contributed by atoms with Crippen molar-refractivity contribution in [2.75, 3.05) is 0 Å². The number of carboxylic acid groups (broad SMARTS) is 1. The van der Waals surface area contributed by atoms with Crippen LogP contribution in [0.3, 0.4) is 0 Å². The van der Waals surface area contributed by atoms with Gasteiger partial charge in [-0.15, -0.1) is 10.2 Å². The van der Waals surface area contributed by atoms with Gasteiger partial charge in [-0.25, -0.2) is 4.79 Å². The van der Waals surface area contributed by atoms with Gasteiger partial charge < -0.3 is 10.4 Å². The minimum Gasteiger partial charge on any atom is -0.480 e. The molecule has 0 spiro atoms. The molecule has 7 heteroatoms. The number of hydrogen-bond donors (Lipinski definition) is 2. The van der Waals surface area contributed by atoms with Gasteiger partial charge in [-0.2, -0.15) is 0 Å². The third-order valence-electron chi connectivity index (χ3n) is 3.60. The van der Waals surface area contributed by atoms with E-state index in [0.29, 0.717) is 23.5 Å². The lowest BCUT2D eigenvalue weighted by Crippen LogP contribution is -2.45. The average Bonchev–Trinajstić information content (AvgIpc) is 2.84. The number of nitrogens with zero attached hydrogens (tertiary/aromatic N) is 3. The monoisotopic (exact) mass is 290 g/mol. The summed E-state index contributed by atoms with van der Waals surface area (Å²) in [5.74, 6) is -0.930. The highest BCUT2D eigenvalue weighted by atomic mass is 16.4. The zero-order valence-electron chi connectivity index (χ0n) is 12.2. The number of amides is 1. The fourth-order valence-electron chi connectivity index (χ4n) is 2.05. The van der Waals surface area contributed by atoms with Crippen molar-refractivity contribution in [3.05, 3.63) is 29.7 Å². The zero-order chi connectivity index (χ0) is 15.6. The number of carbonyl (C=O) groups is 2. The number of fused-ring (bicyclic) bond motifs is 1. The van der Waals surface area contributed by atoms with E-state index in [1.165, 1.54) is 0 Å². The van der Waals surface area contributed by atoms with E-state index in [9.17, 15) is 14.7 Å². The van der Waals surface area contributed by atoms with E-state index < -0.39 is 17.9 Å². The molecule has 0 aromatic carbocycles. The summed E-state index contributed by atoms with van der Waals surface area (Å²) in [5.41, 5.74) is 1.01. The molecule has 2 aromatic heterocycles. The maximum absolute atomic E-state index is 12.2. The van der Waals surface area contributed by atoms with E-state index in [2.05, 4.69) is 15.5 Å². The van der Waals surface area contributed by atoms with Crippen molar-refractivity contribution in [1.82, 2.24) is 19.9 Å². The molecule has 1 amide bonds. The Kier molecular flexibility index (Phi) is 4.21. The van der Waals surface area contributed by atoms with Crippen LogP contribution in [0.1, 0.15) is 36.5 Å². The summed E-state index contributed by atoms with van der Waals surface area (Å²) in [4.78, 5) is 23.5. The quantitative estimate of drug-likeness (QED) is 0.864. The van der Waals surface area contributed by atoms with Gasteiger partial charge in [-0.3, -0.25) is 9.20 Å². The van der Waals surface area contributed by atoms with Crippen LogP contribution < -0.4 is 5.32 Å². The van der Waals surface area contributed by atoms with E-state index in [4.69, 9.17) is 0 Å². The molecule has 0 saturated carbocycles. The summed E-state index contributed by atoms with van der Waals surface area (Å²) >= 11 is 0. The van der Waals surface area contributed by atoms with E-state index in [1.54, 1.807) is 36.6 Å². The largest absolute Gasteiger partial charge is 0.480 e. The predicted octanol–water partition coefficient (Wildman–Crippen LogP) is 1.27. The minimum atomic E-state index is -1.03. The maximum Gasteiger partial charge on any atom is 0.326 e. The number of hydrogen-bond acceptors (Lipinski definition) is 4. The second-order valence-corrected chi connectivity index (χ2v) is 5.07. The summed E-state index contributed by atoms with van der Waals surface area (Å²) in [6.07, 6.45) is 2.27. The van der Waals surface area contributed by atoms with Crippen LogP contribution in [0.15, 0.2) is 18.3 Å². The molecule has 2 heterocycles. The Bertz CT molecular complexity index is 680. The number of aromatic nitrogens is 3. The Hall–Kier alpha value is -2.44. The molecular formula is C14H18N4O3. The van der Waals surface area contributed by atoms with Gasteiger partial charge in [0.1, 0.15) is 11.9 Å². The van der Waals surface area contributed by atoms with Crippen molar-refractivity contribution < 1.29 is 14.7 Å². The topological polar surface area (TPSA) is 96.6 Å². The standard InChI is InChI=1S/C14H18N4O3/c1-4-8(2)12(14(20)21)15-13(19)10-5-6-11-17-16-9(3)18(11)7-10/h5-8,12H,4H2,1-3H3,(H,15,19)(H,20,21)/t8-,12-/m0/s1. The highest BCUT2D eigenvalue weighted by molar-refractivity contribution is 5.96. The van der Waals surface area contributed by atoms with Crippen molar-refractivity contribution in [1.29, 1.82) is 0 Å². The third kappa shape index (κ3) is 3.01. The number of carbonyl (C=O) groups excluding carboxylic acids is 1. The SMILES string of the molecule is CC[C@H](C)[C@H](NC(=O)c1ccc2nnc(C)n2c1)C(=O)O. The molecule has 0 bridgehead atoms. The zero-order valence-corrected chi connectivity index (χ0v) is 12.2. The summed E-state index contributed by atoms with van der Waals surface area (Å²) in [5, 5.41) is 19.6. The summed E-state index contributed by atoms with van der Waals surface area (Å²) < 4.78 is 1.69. The van der Waals surface area contributed by atoms with Gasteiger partial charge in [0.25, 0.3) is 5.91 Å². The second kappa shape index (κ2) is 5.90. The predicted molar refractivity (Wildman–Crippen MR) is 76.1 cm³/mol. The van der Waals surface area contributed by atoms with Crippen LogP contribution in [-0.4, -0.2) is 37.6 Å². The molecule has 2 N–H and O–H groups in total. The van der Waals surface area contributed by atoms with Gasteiger partial charge in [0.05, 0.1) is 5.56 Å². The number of nitrogens with one attached hydrogen (secondary N) is 1. The molecule has 0 aliphatic carbocycles.